The fraction of sp³-hybridized carbons (Fsp3) is 0.333. The molecule has 0 amide bonds. The summed E-state index contributed by atoms with van der Waals surface area (Å²) in [5.74, 6) is 1.36. The minimum absolute atomic E-state index is 0. The van der Waals surface area contributed by atoms with Crippen molar-refractivity contribution in [3.05, 3.63) is 86.6 Å². The van der Waals surface area contributed by atoms with Crippen molar-refractivity contribution >= 4 is 14.4 Å². The van der Waals surface area contributed by atoms with Crippen LogP contribution in [0.25, 0.3) is 14.4 Å². The maximum atomic E-state index is 2.43. The van der Waals surface area contributed by atoms with E-state index in [-0.39, 0.29) is 24.8 Å². The molecular weight excluding hydrogens is 486 g/mol. The molecule has 2 aromatic carbocycles. The molecule has 0 heterocycles. The number of halogens is 2. The van der Waals surface area contributed by atoms with Crippen LogP contribution in [0, 0.1) is 22.3 Å². The van der Waals surface area contributed by atoms with E-state index in [1.165, 1.54) is 78.4 Å². The predicted molar refractivity (Wildman–Crippen MR) is 116 cm³/mol. The van der Waals surface area contributed by atoms with Gasteiger partial charge >= 0.3 is 185 Å². The summed E-state index contributed by atoms with van der Waals surface area (Å²) >= 11 is 1.51. The van der Waals surface area contributed by atoms with E-state index in [2.05, 4.69) is 82.3 Å². The first-order valence-electron chi connectivity index (χ1n) is 10.5. The van der Waals surface area contributed by atoms with E-state index in [1.54, 1.807) is 5.57 Å². The summed E-state index contributed by atoms with van der Waals surface area (Å²) in [6.45, 7) is 9.39. The molecule has 0 aromatic heterocycles. The minimum Gasteiger partial charge on any atom is -1.00 e. The Balaban J connectivity index is 0.00000160. The molecule has 0 spiro atoms. The summed E-state index contributed by atoms with van der Waals surface area (Å²) in [6.07, 6.45) is 10.3. The molecule has 0 atom stereocenters. The molecule has 0 nitrogen and oxygen atoms in total. The molecule has 0 N–H and O–H groups in total. The molecule has 3 heteroatoms. The molecule has 0 fully saturated rings. The van der Waals surface area contributed by atoms with Gasteiger partial charge in [0.15, 0.2) is 0 Å². The third-order valence-corrected chi connectivity index (χ3v) is 7.00. The quantitative estimate of drug-likeness (QED) is 0.508. The number of fused-ring (bicyclic) bond motifs is 2. The largest absolute Gasteiger partial charge is 1.00 e. The van der Waals surface area contributed by atoms with Crippen molar-refractivity contribution in [1.29, 1.82) is 0 Å². The van der Waals surface area contributed by atoms with Crippen molar-refractivity contribution in [3.63, 3.8) is 0 Å². The van der Waals surface area contributed by atoms with Gasteiger partial charge in [0.1, 0.15) is 0 Å². The fourth-order valence-corrected chi connectivity index (χ4v) is 5.88. The van der Waals surface area contributed by atoms with Crippen molar-refractivity contribution in [1.82, 2.24) is 0 Å². The number of rotatable bonds is 5. The molecule has 0 radical (unpaired) electrons. The Morgan fingerprint density at radius 1 is 0.833 bits per heavy atom. The summed E-state index contributed by atoms with van der Waals surface area (Å²) in [7, 11) is 0. The summed E-state index contributed by atoms with van der Waals surface area (Å²) < 4.78 is 1.52. The van der Waals surface area contributed by atoms with Crippen LogP contribution in [0.3, 0.4) is 0 Å². The number of hydrogen-bond donors (Lipinski definition) is 0. The van der Waals surface area contributed by atoms with Gasteiger partial charge < -0.3 is 24.8 Å². The molecule has 2 aliphatic carbocycles. The molecule has 2 aromatic rings. The maximum Gasteiger partial charge on any atom is -1.00 e. The van der Waals surface area contributed by atoms with Crippen molar-refractivity contribution in [2.75, 3.05) is 0 Å². The summed E-state index contributed by atoms with van der Waals surface area (Å²) in [6, 6.07) is 13.8. The second kappa shape index (κ2) is 10.6. The molecular formula is C27H29Cl2Zr. The molecule has 0 aliphatic heterocycles. The van der Waals surface area contributed by atoms with Crippen molar-refractivity contribution in [3.8, 4) is 0 Å². The van der Waals surface area contributed by atoms with E-state index < -0.39 is 0 Å². The Morgan fingerprint density at radius 2 is 1.47 bits per heavy atom. The zero-order chi connectivity index (χ0) is 19.8. The van der Waals surface area contributed by atoms with Crippen molar-refractivity contribution in [2.45, 2.75) is 47.0 Å². The minimum atomic E-state index is 0. The van der Waals surface area contributed by atoms with Crippen LogP contribution in [0.15, 0.2) is 54.6 Å². The van der Waals surface area contributed by atoms with Gasteiger partial charge in [-0.25, -0.2) is 0 Å². The number of benzene rings is 2. The Kier molecular flexibility index (Phi) is 8.99. The summed E-state index contributed by atoms with van der Waals surface area (Å²) in [4.78, 5) is 0. The molecule has 0 unspecified atom stereocenters. The molecule has 0 saturated heterocycles. The first-order valence-corrected chi connectivity index (χ1v) is 11.8. The van der Waals surface area contributed by atoms with Crippen LogP contribution in [0.1, 0.15) is 58.1 Å². The molecule has 0 bridgehead atoms. The SMILES string of the molecule is CC(C)CC(CC(C)C)=c1ccc2c(c1C1=CC=CC1)[C]([Zr+2])=c1ccccc1=2.[Cl-].[Cl-]. The zero-order valence-electron chi connectivity index (χ0n) is 18.2. The van der Waals surface area contributed by atoms with Crippen LogP contribution in [0.5, 0.6) is 0 Å². The standard InChI is InChI=1S/C27H29.2ClH.Zr/c1-18(2)15-22(16-19(3)4)24-13-14-25-23-12-8-7-11-21(23)17-26(25)27(24)20-9-5-6-10-20;;;/h5-9,11-14,18-19H,10,15-16H2,1-4H3;2*1H;/q;;;+2/p-2. The Labute approximate surface area is 208 Å². The normalized spacial score (nSPS) is 13.7. The van der Waals surface area contributed by atoms with E-state index in [9.17, 15) is 0 Å². The molecule has 2 aliphatic rings. The smallest absolute Gasteiger partial charge is 1.00 e. The fourth-order valence-electron chi connectivity index (χ4n) is 4.71. The van der Waals surface area contributed by atoms with Gasteiger partial charge in [-0.3, -0.25) is 0 Å². The van der Waals surface area contributed by atoms with E-state index >= 15 is 0 Å². The first-order chi connectivity index (χ1) is 13.5. The van der Waals surface area contributed by atoms with Gasteiger partial charge in [0.2, 0.25) is 0 Å². The average Bonchev–Trinajstić information content (AvgIpc) is 3.28. The predicted octanol–water partition coefficient (Wildman–Crippen LogP) is -0.416. The van der Waals surface area contributed by atoms with Gasteiger partial charge in [0.05, 0.1) is 0 Å². The number of hydrogen-bond acceptors (Lipinski definition) is 0. The molecule has 4 rings (SSSR count). The van der Waals surface area contributed by atoms with Crippen LogP contribution in [-0.4, -0.2) is 0 Å². The van der Waals surface area contributed by atoms with Crippen molar-refractivity contribution < 1.29 is 49.5 Å². The van der Waals surface area contributed by atoms with E-state index in [4.69, 9.17) is 0 Å². The van der Waals surface area contributed by atoms with E-state index in [0.717, 1.165) is 6.42 Å². The van der Waals surface area contributed by atoms with Gasteiger partial charge in [-0.2, -0.15) is 0 Å². The Hall–Kier alpha value is -0.877. The Bertz CT molecular complexity index is 1190. The van der Waals surface area contributed by atoms with Crippen LogP contribution in [0.2, 0.25) is 0 Å². The maximum absolute atomic E-state index is 2.43. The second-order valence-corrected chi connectivity index (χ2v) is 10.2. The van der Waals surface area contributed by atoms with Gasteiger partial charge in [0.25, 0.3) is 0 Å². The topological polar surface area (TPSA) is 0 Å². The van der Waals surface area contributed by atoms with Gasteiger partial charge in [0, 0.05) is 0 Å². The van der Waals surface area contributed by atoms with Gasteiger partial charge in [-0.1, -0.05) is 0 Å². The molecule has 30 heavy (non-hydrogen) atoms. The van der Waals surface area contributed by atoms with Gasteiger partial charge in [-0.05, 0) is 0 Å². The average molecular weight is 516 g/mol. The van der Waals surface area contributed by atoms with Gasteiger partial charge in [-0.15, -0.1) is 0 Å². The third-order valence-electron chi connectivity index (χ3n) is 5.72. The van der Waals surface area contributed by atoms with E-state index in [0.29, 0.717) is 11.8 Å². The number of allylic oxidation sites excluding steroid dienone is 4. The third kappa shape index (κ3) is 4.80. The molecule has 0 saturated carbocycles. The first kappa shape index (κ1) is 25.4. The second-order valence-electron chi connectivity index (χ2n) is 8.95. The van der Waals surface area contributed by atoms with E-state index in [1.807, 2.05) is 0 Å². The van der Waals surface area contributed by atoms with Crippen LogP contribution >= 0.6 is 0 Å². The summed E-state index contributed by atoms with van der Waals surface area (Å²) in [5, 5.41) is 5.79. The van der Waals surface area contributed by atoms with Crippen LogP contribution in [0.4, 0.5) is 0 Å². The van der Waals surface area contributed by atoms with Crippen LogP contribution in [-0.2, 0) is 24.7 Å². The monoisotopic (exact) mass is 513 g/mol. The van der Waals surface area contributed by atoms with Crippen molar-refractivity contribution in [2.24, 2.45) is 11.8 Å². The zero-order valence-corrected chi connectivity index (χ0v) is 22.2. The summed E-state index contributed by atoms with van der Waals surface area (Å²) in [5.41, 5.74) is 6.15. The Morgan fingerprint density at radius 3 is 2.03 bits per heavy atom. The molecule has 155 valence electrons. The van der Waals surface area contributed by atoms with Crippen LogP contribution < -0.4 is 35.3 Å².